The van der Waals surface area contributed by atoms with Gasteiger partial charge in [0.1, 0.15) is 0 Å². The molecule has 8 heavy (non-hydrogen) atoms. The van der Waals surface area contributed by atoms with Crippen LogP contribution in [0.3, 0.4) is 0 Å². The average molecular weight is 117 g/mol. The quantitative estimate of drug-likeness (QED) is 0.568. The molecule has 0 aliphatic carbocycles. The van der Waals surface area contributed by atoms with E-state index in [-0.39, 0.29) is 0 Å². The summed E-state index contributed by atoms with van der Waals surface area (Å²) in [4.78, 5) is 10.3. The van der Waals surface area contributed by atoms with E-state index in [9.17, 15) is 4.79 Å². The molecule has 0 radical (unpaired) electrons. The molecule has 48 valence electrons. The molecule has 0 aromatic carbocycles. The molecule has 0 fully saturated rings. The monoisotopic (exact) mass is 117 g/mol. The lowest BCUT2D eigenvalue weighted by Gasteiger charge is -1.89. The molecule has 0 saturated heterocycles. The Bertz CT molecular complexity index is 83.1. The summed E-state index contributed by atoms with van der Waals surface area (Å²) in [7, 11) is 0. The van der Waals surface area contributed by atoms with Gasteiger partial charge in [0.15, 0.2) is 0 Å². The number of rotatable bonds is 4. The van der Waals surface area contributed by atoms with E-state index in [1.54, 1.807) is 0 Å². The molecule has 0 spiro atoms. The second-order valence-corrected chi connectivity index (χ2v) is 1.83. The third kappa shape index (κ3) is 5.47. The van der Waals surface area contributed by atoms with E-state index in [1.807, 2.05) is 0 Å². The van der Waals surface area contributed by atoms with Crippen LogP contribution in [0.15, 0.2) is 0 Å². The van der Waals surface area contributed by atoms with E-state index in [2.05, 4.69) is 12.0 Å². The Balaban J connectivity index is 2.97. The van der Waals surface area contributed by atoms with Crippen molar-refractivity contribution in [2.24, 2.45) is 0 Å². The summed E-state index contributed by atoms with van der Waals surface area (Å²) in [5.41, 5.74) is 0. The summed E-state index contributed by atoms with van der Waals surface area (Å²) in [6.45, 7) is 2.06. The number of carboxylic acid groups (broad SMARTS) is 1. The topological polar surface area (TPSA) is 37.3 Å². The maximum absolute atomic E-state index is 10.3. The normalized spacial score (nSPS) is 10.4. The van der Waals surface area contributed by atoms with Gasteiger partial charge in [0.25, 0.3) is 1.43 Å². The van der Waals surface area contributed by atoms with Gasteiger partial charge in [-0.2, -0.15) is 0 Å². The number of carbonyl (C=O) groups is 1. The smallest absolute Gasteiger partial charge is 0.303 e. The first-order valence-corrected chi connectivity index (χ1v) is 2.97. The fraction of sp³-hybridized carbons (Fsp3) is 0.833. The molecular formula is C6H12O2. The molecule has 0 aliphatic heterocycles. The number of carboxylic acids is 1. The number of unbranched alkanes of at least 4 members (excludes halogenated alkanes) is 2. The highest BCUT2D eigenvalue weighted by Crippen LogP contribution is 1.97. The Morgan fingerprint density at radius 1 is 1.75 bits per heavy atom. The second-order valence-electron chi connectivity index (χ2n) is 1.83. The maximum atomic E-state index is 10.3. The molecule has 0 aromatic rings. The Morgan fingerprint density at radius 3 is 3.00 bits per heavy atom. The maximum Gasteiger partial charge on any atom is 0.303 e. The van der Waals surface area contributed by atoms with Crippen molar-refractivity contribution >= 4 is 5.97 Å². The molecular weight excluding hydrogens is 104 g/mol. The molecule has 0 atom stereocenters. The van der Waals surface area contributed by atoms with Gasteiger partial charge in [-0.05, 0) is 6.42 Å². The van der Waals surface area contributed by atoms with Gasteiger partial charge in [-0.15, -0.1) is 0 Å². The van der Waals surface area contributed by atoms with Crippen LogP contribution < -0.4 is 0 Å². The summed E-state index contributed by atoms with van der Waals surface area (Å²) < 4.78 is 6.19. The Hall–Kier alpha value is -0.530. The lowest BCUT2D eigenvalue weighted by molar-refractivity contribution is -0.137. The predicted molar refractivity (Wildman–Crippen MR) is 31.8 cm³/mol. The first-order chi connectivity index (χ1) is 4.31. The van der Waals surface area contributed by atoms with E-state index in [0.29, 0.717) is 6.42 Å². The van der Waals surface area contributed by atoms with Gasteiger partial charge in [-0.25, -0.2) is 0 Å². The molecule has 2 nitrogen and oxygen atoms in total. The van der Waals surface area contributed by atoms with E-state index in [0.717, 1.165) is 19.3 Å². The van der Waals surface area contributed by atoms with Crippen LogP contribution in [0.4, 0.5) is 0 Å². The van der Waals surface area contributed by atoms with Gasteiger partial charge in [-0.1, -0.05) is 19.8 Å². The van der Waals surface area contributed by atoms with Crippen LogP contribution in [0.2, 0.25) is 0 Å². The van der Waals surface area contributed by atoms with Gasteiger partial charge in [0.2, 0.25) is 0 Å². The predicted octanol–water partition coefficient (Wildman–Crippen LogP) is 1.65. The van der Waals surface area contributed by atoms with Crippen LogP contribution in [0.5, 0.6) is 0 Å². The minimum absolute atomic E-state index is 0.386. The zero-order chi connectivity index (χ0) is 7.11. The molecule has 0 rings (SSSR count). The van der Waals surface area contributed by atoms with Crippen molar-refractivity contribution in [3.63, 3.8) is 0 Å². The van der Waals surface area contributed by atoms with Gasteiger partial charge in [0, 0.05) is 6.42 Å². The standard InChI is InChI=1S/C6H12O2/c1-2-3-4-5-6(7)8/h2-5H2,1H3,(H,7,8)/i/hD. The molecule has 0 aliphatic rings. The van der Waals surface area contributed by atoms with Gasteiger partial charge in [0.05, 0.1) is 0 Å². The highest BCUT2D eigenvalue weighted by atomic mass is 16.4. The van der Waals surface area contributed by atoms with Gasteiger partial charge < -0.3 is 5.11 Å². The van der Waals surface area contributed by atoms with Crippen molar-refractivity contribution in [3.8, 4) is 0 Å². The second kappa shape index (κ2) is 4.62. The summed E-state index contributed by atoms with van der Waals surface area (Å²) in [5, 5.41) is 3.71. The van der Waals surface area contributed by atoms with Crippen molar-refractivity contribution in [1.29, 1.82) is 1.43 Å². The average Bonchev–Trinajstić information content (AvgIpc) is 1.89. The molecule has 0 aromatic heterocycles. The van der Waals surface area contributed by atoms with Crippen LogP contribution in [0, 0.1) is 0 Å². The third-order valence-corrected chi connectivity index (χ3v) is 0.984. The minimum Gasteiger partial charge on any atom is -0.481 e. The molecule has 2 heteroatoms. The van der Waals surface area contributed by atoms with Crippen LogP contribution in [-0.2, 0) is 4.79 Å². The highest BCUT2D eigenvalue weighted by Gasteiger charge is 1.92. The van der Waals surface area contributed by atoms with Crippen molar-refractivity contribution < 1.29 is 9.90 Å². The van der Waals surface area contributed by atoms with Crippen LogP contribution in [-0.4, -0.2) is 11.1 Å². The number of hydrogen-bond donors (Lipinski definition) is 1. The van der Waals surface area contributed by atoms with Crippen LogP contribution in [0.25, 0.3) is 1.43 Å². The van der Waals surface area contributed by atoms with E-state index in [4.69, 9.17) is 1.43 Å². The lowest BCUT2D eigenvalue weighted by atomic mass is 10.2. The molecule has 0 amide bonds. The number of aliphatic carboxylic acids is 1. The Labute approximate surface area is 51.0 Å². The molecule has 0 saturated carbocycles. The van der Waals surface area contributed by atoms with Crippen molar-refractivity contribution in [2.75, 3.05) is 0 Å². The Kier molecular flexibility index (Phi) is 3.24. The van der Waals surface area contributed by atoms with Crippen molar-refractivity contribution in [1.82, 2.24) is 0 Å². The first-order valence-electron chi connectivity index (χ1n) is 3.38. The zero-order valence-corrected chi connectivity index (χ0v) is 5.14. The molecule has 1 N–H and O–H groups in total. The summed E-state index contributed by atoms with van der Waals surface area (Å²) >= 11 is 0. The van der Waals surface area contributed by atoms with E-state index >= 15 is 0 Å². The van der Waals surface area contributed by atoms with Crippen molar-refractivity contribution in [3.05, 3.63) is 0 Å². The van der Waals surface area contributed by atoms with E-state index < -0.39 is 5.97 Å². The summed E-state index contributed by atoms with van der Waals surface area (Å²) in [6.07, 6.45) is 3.35. The highest BCUT2D eigenvalue weighted by molar-refractivity contribution is 5.66. The summed E-state index contributed by atoms with van der Waals surface area (Å²) in [6, 6.07) is 0. The van der Waals surface area contributed by atoms with Gasteiger partial charge >= 0.3 is 5.97 Å². The number of hydrogen-bond acceptors (Lipinski definition) is 2. The fourth-order valence-electron chi connectivity index (χ4n) is 0.519. The van der Waals surface area contributed by atoms with Crippen LogP contribution >= 0.6 is 0 Å². The van der Waals surface area contributed by atoms with E-state index in [1.165, 1.54) is 0 Å². The van der Waals surface area contributed by atoms with Crippen molar-refractivity contribution in [2.45, 2.75) is 32.6 Å². The van der Waals surface area contributed by atoms with Crippen LogP contribution in [0.1, 0.15) is 32.6 Å². The zero-order valence-electron chi connectivity index (χ0n) is 6.14. The fourth-order valence-corrected chi connectivity index (χ4v) is 0.519. The minimum atomic E-state index is -0.427. The third-order valence-electron chi connectivity index (χ3n) is 0.984. The summed E-state index contributed by atoms with van der Waals surface area (Å²) in [5.74, 6) is -0.427. The molecule has 0 bridgehead atoms. The Morgan fingerprint density at radius 2 is 2.50 bits per heavy atom. The SMILES string of the molecule is [2H]OC(=O)CCCCC. The largest absolute Gasteiger partial charge is 0.481 e. The lowest BCUT2D eigenvalue weighted by Crippen LogP contribution is -1.92. The van der Waals surface area contributed by atoms with Gasteiger partial charge in [-0.3, -0.25) is 4.79 Å². The molecule has 0 heterocycles. The first kappa shape index (κ1) is 5.60. The molecule has 0 unspecified atom stereocenters.